The summed E-state index contributed by atoms with van der Waals surface area (Å²) in [4.78, 5) is 38.7. The van der Waals surface area contributed by atoms with Crippen LogP contribution < -0.4 is 19.7 Å². The molecule has 2 amide bonds. The van der Waals surface area contributed by atoms with E-state index in [4.69, 9.17) is 14.2 Å². The van der Waals surface area contributed by atoms with E-state index in [-0.39, 0.29) is 24.8 Å². The van der Waals surface area contributed by atoms with E-state index in [0.29, 0.717) is 48.3 Å². The molecular formula is C23H24N2O6. The molecule has 2 aliphatic rings. The zero-order valence-electron chi connectivity index (χ0n) is 17.3. The number of amides is 2. The molecule has 1 unspecified atom stereocenters. The smallest absolute Gasteiger partial charge is 0.338 e. The van der Waals surface area contributed by atoms with Crippen LogP contribution >= 0.6 is 0 Å². The molecule has 1 saturated heterocycles. The van der Waals surface area contributed by atoms with Crippen molar-refractivity contribution in [3.63, 3.8) is 0 Å². The number of hydrogen-bond acceptors (Lipinski definition) is 6. The first-order chi connectivity index (χ1) is 15.0. The van der Waals surface area contributed by atoms with E-state index in [1.165, 1.54) is 0 Å². The number of carbonyl (C=O) groups is 3. The highest BCUT2D eigenvalue weighted by Crippen LogP contribution is 2.36. The minimum Gasteiger partial charge on any atom is -0.486 e. The van der Waals surface area contributed by atoms with Crippen LogP contribution in [0.5, 0.6) is 11.5 Å². The van der Waals surface area contributed by atoms with E-state index >= 15 is 0 Å². The van der Waals surface area contributed by atoms with Gasteiger partial charge in [-0.3, -0.25) is 9.59 Å². The van der Waals surface area contributed by atoms with Gasteiger partial charge in [-0.2, -0.15) is 0 Å². The molecule has 2 aliphatic heterocycles. The van der Waals surface area contributed by atoms with Gasteiger partial charge in [-0.05, 0) is 42.8 Å². The number of carbonyl (C=O) groups excluding carboxylic acids is 3. The monoisotopic (exact) mass is 424 g/mol. The highest BCUT2D eigenvalue weighted by Gasteiger charge is 2.35. The summed E-state index contributed by atoms with van der Waals surface area (Å²) in [5.74, 6) is 0.0200. The predicted molar refractivity (Wildman–Crippen MR) is 114 cm³/mol. The molecule has 2 aromatic carbocycles. The zero-order valence-corrected chi connectivity index (χ0v) is 17.3. The molecule has 31 heavy (non-hydrogen) atoms. The van der Waals surface area contributed by atoms with Crippen LogP contribution in [0.2, 0.25) is 0 Å². The van der Waals surface area contributed by atoms with Crippen LogP contribution in [0.1, 0.15) is 30.1 Å². The lowest BCUT2D eigenvalue weighted by Crippen LogP contribution is -2.28. The second-order valence-electron chi connectivity index (χ2n) is 7.44. The number of esters is 1. The number of benzene rings is 2. The molecule has 8 heteroatoms. The maximum Gasteiger partial charge on any atom is 0.338 e. The van der Waals surface area contributed by atoms with E-state index in [2.05, 4.69) is 5.32 Å². The second-order valence-corrected chi connectivity index (χ2v) is 7.44. The van der Waals surface area contributed by atoms with Gasteiger partial charge in [0, 0.05) is 30.4 Å². The van der Waals surface area contributed by atoms with Crippen molar-refractivity contribution in [2.75, 3.05) is 36.6 Å². The van der Waals surface area contributed by atoms with Crippen LogP contribution in [0.25, 0.3) is 0 Å². The van der Waals surface area contributed by atoms with E-state index < -0.39 is 11.9 Å². The Morgan fingerprint density at radius 3 is 2.58 bits per heavy atom. The Hall–Kier alpha value is -3.55. The fraction of sp³-hybridized carbons (Fsp3) is 0.348. The molecule has 0 bridgehead atoms. The van der Waals surface area contributed by atoms with Crippen molar-refractivity contribution in [2.45, 2.75) is 19.8 Å². The summed E-state index contributed by atoms with van der Waals surface area (Å²) in [6.07, 6.45) is 0.880. The van der Waals surface area contributed by atoms with Crippen LogP contribution in [0.15, 0.2) is 42.5 Å². The van der Waals surface area contributed by atoms with Crippen molar-refractivity contribution in [1.82, 2.24) is 0 Å². The number of fused-ring (bicyclic) bond motifs is 1. The highest BCUT2D eigenvalue weighted by atomic mass is 16.6. The van der Waals surface area contributed by atoms with Gasteiger partial charge >= 0.3 is 5.97 Å². The number of ether oxygens (including phenoxy) is 3. The normalized spacial score (nSPS) is 17.4. The largest absolute Gasteiger partial charge is 0.486 e. The van der Waals surface area contributed by atoms with Gasteiger partial charge in [0.1, 0.15) is 13.2 Å². The summed E-state index contributed by atoms with van der Waals surface area (Å²) in [6.45, 7) is 3.54. The fourth-order valence-electron chi connectivity index (χ4n) is 3.54. The minimum absolute atomic E-state index is 0.120. The lowest BCUT2D eigenvalue weighted by molar-refractivity contribution is -0.122. The van der Waals surface area contributed by atoms with E-state index in [1.54, 1.807) is 47.4 Å². The summed E-state index contributed by atoms with van der Waals surface area (Å²) in [7, 11) is 0. The molecule has 0 aromatic heterocycles. The SMILES string of the molecule is CCCOC(=O)c1ccc(NC(=O)C2CC(=O)N(c3ccc4c(c3)OCCO4)C2)cc1. The molecule has 8 nitrogen and oxygen atoms in total. The first-order valence-electron chi connectivity index (χ1n) is 10.3. The van der Waals surface area contributed by atoms with Crippen LogP contribution in [0.4, 0.5) is 11.4 Å². The summed E-state index contributed by atoms with van der Waals surface area (Å²) in [5.41, 5.74) is 1.66. The minimum atomic E-state index is -0.477. The standard InChI is InChI=1S/C23H24N2O6/c1-2-9-31-23(28)15-3-5-17(6-4-15)24-22(27)16-12-21(26)25(14-16)18-7-8-19-20(13-18)30-11-10-29-19/h3-8,13,16H,2,9-12,14H2,1H3,(H,24,27). The van der Waals surface area contributed by atoms with Crippen molar-refractivity contribution in [3.8, 4) is 11.5 Å². The zero-order chi connectivity index (χ0) is 21.8. The van der Waals surface area contributed by atoms with Crippen LogP contribution in [-0.2, 0) is 14.3 Å². The maximum absolute atomic E-state index is 12.7. The van der Waals surface area contributed by atoms with E-state index in [0.717, 1.165) is 6.42 Å². The summed E-state index contributed by atoms with van der Waals surface area (Å²) < 4.78 is 16.2. The molecular weight excluding hydrogens is 400 g/mol. The van der Waals surface area contributed by atoms with E-state index in [1.807, 2.05) is 6.92 Å². The van der Waals surface area contributed by atoms with Gasteiger partial charge in [0.2, 0.25) is 11.8 Å². The first-order valence-corrected chi connectivity index (χ1v) is 10.3. The van der Waals surface area contributed by atoms with Crippen molar-refractivity contribution < 1.29 is 28.6 Å². The van der Waals surface area contributed by atoms with Gasteiger partial charge in [0.25, 0.3) is 0 Å². The molecule has 0 radical (unpaired) electrons. The third-order valence-corrected chi connectivity index (χ3v) is 5.16. The Morgan fingerprint density at radius 1 is 1.10 bits per heavy atom. The summed E-state index contributed by atoms with van der Waals surface area (Å²) >= 11 is 0. The molecule has 0 spiro atoms. The fourth-order valence-corrected chi connectivity index (χ4v) is 3.54. The maximum atomic E-state index is 12.7. The number of nitrogens with zero attached hydrogens (tertiary/aromatic N) is 1. The average Bonchev–Trinajstić information content (AvgIpc) is 3.19. The third-order valence-electron chi connectivity index (χ3n) is 5.16. The van der Waals surface area contributed by atoms with Crippen LogP contribution in [0, 0.1) is 5.92 Å². The summed E-state index contributed by atoms with van der Waals surface area (Å²) in [6, 6.07) is 11.8. The Bertz CT molecular complexity index is 988. The number of rotatable bonds is 6. The third kappa shape index (κ3) is 4.63. The van der Waals surface area contributed by atoms with Crippen molar-refractivity contribution in [2.24, 2.45) is 5.92 Å². The molecule has 0 aliphatic carbocycles. The van der Waals surface area contributed by atoms with Crippen LogP contribution in [0.3, 0.4) is 0 Å². The van der Waals surface area contributed by atoms with Crippen molar-refractivity contribution in [1.29, 1.82) is 0 Å². The quantitative estimate of drug-likeness (QED) is 0.717. The van der Waals surface area contributed by atoms with Gasteiger partial charge in [0.15, 0.2) is 11.5 Å². The molecule has 4 rings (SSSR count). The van der Waals surface area contributed by atoms with Crippen molar-refractivity contribution in [3.05, 3.63) is 48.0 Å². The number of hydrogen-bond donors (Lipinski definition) is 1. The van der Waals surface area contributed by atoms with Gasteiger partial charge < -0.3 is 24.4 Å². The van der Waals surface area contributed by atoms with E-state index in [9.17, 15) is 14.4 Å². The van der Waals surface area contributed by atoms with Gasteiger partial charge in [-0.15, -0.1) is 0 Å². The lowest BCUT2D eigenvalue weighted by Gasteiger charge is -2.22. The molecule has 162 valence electrons. The molecule has 0 saturated carbocycles. The molecule has 1 fully saturated rings. The Labute approximate surface area is 180 Å². The second kappa shape index (κ2) is 9.07. The molecule has 1 N–H and O–H groups in total. The number of anilines is 2. The molecule has 1 atom stereocenters. The Balaban J connectivity index is 1.38. The highest BCUT2D eigenvalue weighted by molar-refractivity contribution is 6.03. The Kier molecular flexibility index (Phi) is 6.06. The van der Waals surface area contributed by atoms with Crippen molar-refractivity contribution >= 4 is 29.2 Å². The van der Waals surface area contributed by atoms with Gasteiger partial charge in [0.05, 0.1) is 18.1 Å². The van der Waals surface area contributed by atoms with Crippen LogP contribution in [-0.4, -0.2) is 44.1 Å². The first kappa shape index (κ1) is 20.7. The summed E-state index contributed by atoms with van der Waals surface area (Å²) in [5, 5.41) is 2.82. The van der Waals surface area contributed by atoms with Gasteiger partial charge in [-0.1, -0.05) is 6.92 Å². The topological polar surface area (TPSA) is 94.2 Å². The average molecular weight is 424 g/mol. The predicted octanol–water partition coefficient (Wildman–Crippen LogP) is 3.02. The lowest BCUT2D eigenvalue weighted by atomic mass is 10.1. The number of nitrogens with one attached hydrogen (secondary N) is 1. The molecule has 2 aromatic rings. The Morgan fingerprint density at radius 2 is 1.84 bits per heavy atom. The molecule has 2 heterocycles. The van der Waals surface area contributed by atoms with Gasteiger partial charge in [-0.25, -0.2) is 4.79 Å².